The van der Waals surface area contributed by atoms with Gasteiger partial charge in [-0.2, -0.15) is 0 Å². The first-order valence-corrected chi connectivity index (χ1v) is 11.4. The van der Waals surface area contributed by atoms with Crippen molar-refractivity contribution in [3.63, 3.8) is 0 Å². The number of nitrogens with one attached hydrogen (secondary N) is 2. The highest BCUT2D eigenvalue weighted by molar-refractivity contribution is 14.0. The van der Waals surface area contributed by atoms with Crippen LogP contribution in [0.25, 0.3) is 0 Å². The molecule has 1 aromatic carbocycles. The smallest absolute Gasteiger partial charge is 0.191 e. The van der Waals surface area contributed by atoms with Crippen LogP contribution >= 0.6 is 24.0 Å². The van der Waals surface area contributed by atoms with Gasteiger partial charge in [-0.25, -0.2) is 4.99 Å². The van der Waals surface area contributed by atoms with E-state index in [2.05, 4.69) is 65.5 Å². The van der Waals surface area contributed by atoms with E-state index in [1.54, 1.807) is 0 Å². The standard InChI is InChI=1S/C23H39N5O2.HI/c1-4-24-23(25-15-19(2)28-9-11-29-12-10-28)26-16-21-6-5-7-22(14-21)18-27-8-13-30-20(3)17-27;/h5-7,14,19-20H,4,8-13,15-18H2,1-3H3,(H2,24,25,26);1H. The summed E-state index contributed by atoms with van der Waals surface area (Å²) in [4.78, 5) is 9.75. The number of benzene rings is 1. The Hall–Kier alpha value is -0.940. The molecule has 0 amide bonds. The highest BCUT2D eigenvalue weighted by Crippen LogP contribution is 2.13. The maximum atomic E-state index is 5.65. The van der Waals surface area contributed by atoms with Crippen molar-refractivity contribution in [2.75, 3.05) is 59.1 Å². The molecule has 2 aliphatic rings. The minimum atomic E-state index is 0. The number of rotatable bonds is 8. The first-order valence-electron chi connectivity index (χ1n) is 11.4. The Morgan fingerprint density at radius 2 is 1.94 bits per heavy atom. The molecule has 8 heteroatoms. The summed E-state index contributed by atoms with van der Waals surface area (Å²) in [5.74, 6) is 0.880. The molecular formula is C23H40IN5O2. The molecule has 2 aliphatic heterocycles. The Morgan fingerprint density at radius 1 is 1.16 bits per heavy atom. The van der Waals surface area contributed by atoms with E-state index >= 15 is 0 Å². The van der Waals surface area contributed by atoms with Crippen molar-refractivity contribution < 1.29 is 9.47 Å². The summed E-state index contributed by atoms with van der Waals surface area (Å²) in [6, 6.07) is 9.25. The van der Waals surface area contributed by atoms with Crippen LogP contribution in [-0.4, -0.2) is 87.0 Å². The molecule has 2 N–H and O–H groups in total. The molecule has 31 heavy (non-hydrogen) atoms. The van der Waals surface area contributed by atoms with Gasteiger partial charge in [-0.3, -0.25) is 9.80 Å². The fourth-order valence-corrected chi connectivity index (χ4v) is 4.02. The molecule has 0 saturated carbocycles. The van der Waals surface area contributed by atoms with E-state index < -0.39 is 0 Å². The fourth-order valence-electron chi connectivity index (χ4n) is 4.02. The SMILES string of the molecule is CCNC(=NCc1cccc(CN2CCOC(C)C2)c1)NCC(C)N1CCOCC1.I. The third kappa shape index (κ3) is 9.21. The van der Waals surface area contributed by atoms with E-state index in [1.165, 1.54) is 11.1 Å². The van der Waals surface area contributed by atoms with Gasteiger partial charge in [0.25, 0.3) is 0 Å². The van der Waals surface area contributed by atoms with E-state index in [0.29, 0.717) is 18.7 Å². The summed E-state index contributed by atoms with van der Waals surface area (Å²) in [5, 5.41) is 6.88. The molecule has 1 aromatic rings. The van der Waals surface area contributed by atoms with Gasteiger partial charge in [-0.15, -0.1) is 24.0 Å². The lowest BCUT2D eigenvalue weighted by molar-refractivity contribution is -0.0212. The Bertz CT molecular complexity index is 669. The number of aliphatic imine (C=N–C) groups is 1. The maximum absolute atomic E-state index is 5.65. The summed E-state index contributed by atoms with van der Waals surface area (Å²) in [6.07, 6.45) is 0.320. The second kappa shape index (κ2) is 14.3. The van der Waals surface area contributed by atoms with E-state index in [4.69, 9.17) is 14.5 Å². The molecule has 176 valence electrons. The summed E-state index contributed by atoms with van der Waals surface area (Å²) in [5.41, 5.74) is 2.59. The molecule has 7 nitrogen and oxygen atoms in total. The first-order chi connectivity index (χ1) is 14.6. The first kappa shape index (κ1) is 26.3. The number of nitrogens with zero attached hydrogens (tertiary/aromatic N) is 3. The third-order valence-electron chi connectivity index (χ3n) is 5.72. The molecule has 0 aromatic heterocycles. The second-order valence-corrected chi connectivity index (χ2v) is 8.31. The minimum absolute atomic E-state index is 0. The molecule has 2 atom stereocenters. The lowest BCUT2D eigenvalue weighted by Crippen LogP contribution is -2.49. The highest BCUT2D eigenvalue weighted by atomic mass is 127. The van der Waals surface area contributed by atoms with Gasteiger partial charge in [0.15, 0.2) is 5.96 Å². The number of hydrogen-bond donors (Lipinski definition) is 2. The predicted molar refractivity (Wildman–Crippen MR) is 137 cm³/mol. The fraction of sp³-hybridized carbons (Fsp3) is 0.696. The predicted octanol–water partition coefficient (Wildman–Crippen LogP) is 2.30. The van der Waals surface area contributed by atoms with Gasteiger partial charge in [0.1, 0.15) is 0 Å². The number of guanidine groups is 1. The molecule has 0 radical (unpaired) electrons. The molecule has 0 aliphatic carbocycles. The van der Waals surface area contributed by atoms with Gasteiger partial charge in [-0.1, -0.05) is 24.3 Å². The number of morpholine rings is 2. The normalized spacial score (nSPS) is 21.9. The minimum Gasteiger partial charge on any atom is -0.379 e. The molecule has 0 bridgehead atoms. The summed E-state index contributed by atoms with van der Waals surface area (Å²) in [6.45, 7) is 16.4. The van der Waals surface area contributed by atoms with Crippen molar-refractivity contribution in [1.29, 1.82) is 0 Å². The van der Waals surface area contributed by atoms with Crippen LogP contribution in [0.3, 0.4) is 0 Å². The molecular weight excluding hydrogens is 505 g/mol. The Morgan fingerprint density at radius 3 is 2.68 bits per heavy atom. The van der Waals surface area contributed by atoms with Gasteiger partial charge in [0.05, 0.1) is 32.5 Å². The molecule has 2 saturated heterocycles. The van der Waals surface area contributed by atoms with Gasteiger partial charge < -0.3 is 20.1 Å². The maximum Gasteiger partial charge on any atom is 0.191 e. The average molecular weight is 546 g/mol. The van der Waals surface area contributed by atoms with Crippen molar-refractivity contribution >= 4 is 29.9 Å². The van der Waals surface area contributed by atoms with E-state index in [-0.39, 0.29) is 24.0 Å². The molecule has 2 unspecified atom stereocenters. The molecule has 0 spiro atoms. The third-order valence-corrected chi connectivity index (χ3v) is 5.72. The number of ether oxygens (including phenoxy) is 2. The van der Waals surface area contributed by atoms with Crippen LogP contribution in [0.1, 0.15) is 31.9 Å². The molecule has 2 fully saturated rings. The quantitative estimate of drug-likeness (QED) is 0.297. The summed E-state index contributed by atoms with van der Waals surface area (Å²) in [7, 11) is 0. The number of hydrogen-bond acceptors (Lipinski definition) is 5. The zero-order chi connectivity index (χ0) is 21.2. The van der Waals surface area contributed by atoms with Crippen LogP contribution in [0, 0.1) is 0 Å². The van der Waals surface area contributed by atoms with Crippen molar-refractivity contribution in [3.8, 4) is 0 Å². The van der Waals surface area contributed by atoms with Gasteiger partial charge in [0, 0.05) is 51.9 Å². The van der Waals surface area contributed by atoms with E-state index in [1.807, 2.05) is 0 Å². The Labute approximate surface area is 205 Å². The van der Waals surface area contributed by atoms with Crippen molar-refractivity contribution in [2.24, 2.45) is 4.99 Å². The lowest BCUT2D eigenvalue weighted by Gasteiger charge is -2.32. The van der Waals surface area contributed by atoms with Gasteiger partial charge in [-0.05, 0) is 31.9 Å². The van der Waals surface area contributed by atoms with Crippen LogP contribution < -0.4 is 10.6 Å². The van der Waals surface area contributed by atoms with Crippen LogP contribution in [0.4, 0.5) is 0 Å². The van der Waals surface area contributed by atoms with Crippen LogP contribution in [-0.2, 0) is 22.6 Å². The average Bonchev–Trinajstić information content (AvgIpc) is 2.76. The van der Waals surface area contributed by atoms with Crippen LogP contribution in [0.15, 0.2) is 29.3 Å². The zero-order valence-electron chi connectivity index (χ0n) is 19.3. The second-order valence-electron chi connectivity index (χ2n) is 8.31. The van der Waals surface area contributed by atoms with Crippen molar-refractivity contribution in [2.45, 2.75) is 46.0 Å². The van der Waals surface area contributed by atoms with E-state index in [0.717, 1.165) is 71.6 Å². The van der Waals surface area contributed by atoms with Gasteiger partial charge >= 0.3 is 0 Å². The summed E-state index contributed by atoms with van der Waals surface area (Å²) < 4.78 is 11.1. The molecule has 3 rings (SSSR count). The largest absolute Gasteiger partial charge is 0.379 e. The van der Waals surface area contributed by atoms with Crippen molar-refractivity contribution in [1.82, 2.24) is 20.4 Å². The Balaban J connectivity index is 0.00000341. The number of halogens is 1. The molecule has 2 heterocycles. The van der Waals surface area contributed by atoms with Gasteiger partial charge in [0.2, 0.25) is 0 Å². The monoisotopic (exact) mass is 545 g/mol. The topological polar surface area (TPSA) is 61.4 Å². The van der Waals surface area contributed by atoms with Crippen LogP contribution in [0.2, 0.25) is 0 Å². The Kier molecular flexibility index (Phi) is 12.1. The van der Waals surface area contributed by atoms with Crippen LogP contribution in [0.5, 0.6) is 0 Å². The highest BCUT2D eigenvalue weighted by Gasteiger charge is 2.18. The van der Waals surface area contributed by atoms with E-state index in [9.17, 15) is 0 Å². The van der Waals surface area contributed by atoms with Crippen molar-refractivity contribution in [3.05, 3.63) is 35.4 Å². The zero-order valence-corrected chi connectivity index (χ0v) is 21.6. The summed E-state index contributed by atoms with van der Waals surface area (Å²) >= 11 is 0. The lowest BCUT2D eigenvalue weighted by atomic mass is 10.1.